The van der Waals surface area contributed by atoms with Crippen LogP contribution in [0.1, 0.15) is 120 Å². The summed E-state index contributed by atoms with van der Waals surface area (Å²) in [6, 6.07) is 0. The molecule has 0 amide bonds. The van der Waals surface area contributed by atoms with E-state index in [4.69, 9.17) is 0 Å². The molecule has 0 radical (unpaired) electrons. The molecule has 0 heteroatoms. The third kappa shape index (κ3) is 10.4. The van der Waals surface area contributed by atoms with Gasteiger partial charge in [0.15, 0.2) is 0 Å². The normalized spacial score (nSPS) is 16.7. The lowest BCUT2D eigenvalue weighted by molar-refractivity contribution is 0.174. The average Bonchev–Trinajstić information content (AvgIpc) is 2.97. The van der Waals surface area contributed by atoms with Crippen LogP contribution in [0.4, 0.5) is 0 Å². The first-order valence-corrected chi connectivity index (χ1v) is 12.2. The summed E-state index contributed by atoms with van der Waals surface area (Å²) in [4.78, 5) is 0. The third-order valence-electron chi connectivity index (χ3n) is 6.56. The molecule has 1 fully saturated rings. The minimum Gasteiger partial charge on any atom is -0.0628 e. The maximum atomic E-state index is 2.43. The average molecular weight is 365 g/mol. The van der Waals surface area contributed by atoms with Gasteiger partial charge in [0.2, 0.25) is 0 Å². The molecule has 26 heavy (non-hydrogen) atoms. The summed E-state index contributed by atoms with van der Waals surface area (Å²) in [7, 11) is 0. The van der Waals surface area contributed by atoms with Gasteiger partial charge in [0.05, 0.1) is 0 Å². The molecule has 1 aliphatic carbocycles. The van der Waals surface area contributed by atoms with Crippen molar-refractivity contribution in [3.8, 4) is 0 Å². The largest absolute Gasteiger partial charge is 0.0628 e. The summed E-state index contributed by atoms with van der Waals surface area (Å²) < 4.78 is 0. The van der Waals surface area contributed by atoms with Crippen molar-refractivity contribution in [1.82, 2.24) is 0 Å². The topological polar surface area (TPSA) is 0 Å². The van der Waals surface area contributed by atoms with E-state index in [0.717, 1.165) is 47.3 Å². The van der Waals surface area contributed by atoms with Gasteiger partial charge in [0.1, 0.15) is 0 Å². The highest BCUT2D eigenvalue weighted by atomic mass is 14.4. The molecule has 0 aromatic carbocycles. The highest BCUT2D eigenvalue weighted by molar-refractivity contribution is 4.81. The molecule has 0 heterocycles. The van der Waals surface area contributed by atoms with Gasteiger partial charge >= 0.3 is 0 Å². The van der Waals surface area contributed by atoms with Crippen LogP contribution in [0.3, 0.4) is 0 Å². The van der Waals surface area contributed by atoms with E-state index in [2.05, 4.69) is 55.4 Å². The van der Waals surface area contributed by atoms with E-state index >= 15 is 0 Å². The summed E-state index contributed by atoms with van der Waals surface area (Å²) in [5.74, 6) is 7.37. The summed E-state index contributed by atoms with van der Waals surface area (Å²) in [5, 5.41) is 0. The molecule has 0 nitrogen and oxygen atoms in total. The van der Waals surface area contributed by atoms with Gasteiger partial charge in [0.25, 0.3) is 0 Å². The molecule has 1 saturated carbocycles. The monoisotopic (exact) mass is 364 g/mol. The van der Waals surface area contributed by atoms with E-state index in [1.54, 1.807) is 0 Å². The van der Waals surface area contributed by atoms with Gasteiger partial charge in [-0.3, -0.25) is 0 Å². The lowest BCUT2D eigenvalue weighted by Gasteiger charge is -2.33. The molecule has 0 saturated heterocycles. The molecule has 156 valence electrons. The van der Waals surface area contributed by atoms with E-state index in [0.29, 0.717) is 0 Å². The molecule has 0 aliphatic heterocycles. The van der Waals surface area contributed by atoms with Crippen LogP contribution in [-0.4, -0.2) is 0 Å². The van der Waals surface area contributed by atoms with Crippen LogP contribution in [0.2, 0.25) is 0 Å². The van der Waals surface area contributed by atoms with E-state index in [-0.39, 0.29) is 0 Å². The highest BCUT2D eigenvalue weighted by Crippen LogP contribution is 2.42. The first kappa shape index (κ1) is 24.0. The molecule has 1 rings (SSSR count). The zero-order valence-electron chi connectivity index (χ0n) is 19.7. The second-order valence-electron chi connectivity index (χ2n) is 11.5. The highest BCUT2D eigenvalue weighted by Gasteiger charge is 2.30. The molecule has 0 aromatic heterocycles. The second-order valence-corrected chi connectivity index (χ2v) is 11.5. The van der Waals surface area contributed by atoms with Crippen molar-refractivity contribution < 1.29 is 0 Å². The van der Waals surface area contributed by atoms with Gasteiger partial charge in [-0.15, -0.1) is 0 Å². The Bertz CT molecular complexity index is 286. The van der Waals surface area contributed by atoms with Crippen LogP contribution in [-0.2, 0) is 0 Å². The van der Waals surface area contributed by atoms with Crippen LogP contribution in [0.25, 0.3) is 0 Å². The fourth-order valence-corrected chi connectivity index (χ4v) is 6.01. The van der Waals surface area contributed by atoms with Crippen molar-refractivity contribution in [3.05, 3.63) is 0 Å². The number of rotatable bonds is 13. The van der Waals surface area contributed by atoms with Crippen LogP contribution >= 0.6 is 0 Å². The summed E-state index contributed by atoms with van der Waals surface area (Å²) in [6.45, 7) is 19.4. The molecule has 1 aliphatic rings. The van der Waals surface area contributed by atoms with Gasteiger partial charge in [-0.1, -0.05) is 81.1 Å². The van der Waals surface area contributed by atoms with Crippen molar-refractivity contribution in [1.29, 1.82) is 0 Å². The predicted molar refractivity (Wildman–Crippen MR) is 119 cm³/mol. The van der Waals surface area contributed by atoms with Crippen LogP contribution < -0.4 is 0 Å². The Labute approximate surface area is 167 Å². The molecule has 0 aromatic rings. The van der Waals surface area contributed by atoms with Gasteiger partial charge in [0, 0.05) is 0 Å². The molecular formula is C26H52. The Morgan fingerprint density at radius 2 is 0.808 bits per heavy atom. The first-order valence-electron chi connectivity index (χ1n) is 12.2. The Morgan fingerprint density at radius 1 is 0.500 bits per heavy atom. The van der Waals surface area contributed by atoms with Gasteiger partial charge in [-0.05, 0) is 85.9 Å². The van der Waals surface area contributed by atoms with E-state index < -0.39 is 0 Å². The molecule has 0 unspecified atom stereocenters. The lowest BCUT2D eigenvalue weighted by Crippen LogP contribution is -2.23. The fraction of sp³-hybridized carbons (Fsp3) is 1.00. The van der Waals surface area contributed by atoms with Crippen molar-refractivity contribution in [3.63, 3.8) is 0 Å². The van der Waals surface area contributed by atoms with Gasteiger partial charge in [-0.2, -0.15) is 0 Å². The minimum absolute atomic E-state index is 0.852. The quantitative estimate of drug-likeness (QED) is 0.306. The fourth-order valence-electron chi connectivity index (χ4n) is 6.01. The summed E-state index contributed by atoms with van der Waals surface area (Å²) >= 11 is 0. The maximum Gasteiger partial charge on any atom is -0.0381 e. The zero-order chi connectivity index (χ0) is 19.7. The van der Waals surface area contributed by atoms with E-state index in [9.17, 15) is 0 Å². The van der Waals surface area contributed by atoms with Crippen LogP contribution in [0.15, 0.2) is 0 Å². The third-order valence-corrected chi connectivity index (χ3v) is 6.56. The number of hydrogen-bond donors (Lipinski definition) is 0. The lowest BCUT2D eigenvalue weighted by atomic mass is 9.72. The Balaban J connectivity index is 2.83. The Hall–Kier alpha value is 0. The smallest absolute Gasteiger partial charge is 0.0381 e. The van der Waals surface area contributed by atoms with E-state index in [1.807, 2.05) is 0 Å². The Morgan fingerprint density at radius 3 is 1.08 bits per heavy atom. The predicted octanol–water partition coefficient (Wildman–Crippen LogP) is 8.99. The van der Waals surface area contributed by atoms with Crippen molar-refractivity contribution >= 4 is 0 Å². The zero-order valence-corrected chi connectivity index (χ0v) is 19.7. The minimum atomic E-state index is 0.852. The molecular weight excluding hydrogens is 312 g/mol. The standard InChI is InChI=1S/C26H52/c1-19(2)13-23(14-20(3)4)17-26(25-11-9-10-12-25)18-24(15-21(5)6)16-22(7)8/h19-26H,9-18H2,1-8H3. The SMILES string of the molecule is CC(C)CC(CC(C)C)CC(CC(CC(C)C)CC(C)C)C1CCCC1. The molecule has 0 bridgehead atoms. The molecule has 0 atom stereocenters. The van der Waals surface area contributed by atoms with Gasteiger partial charge < -0.3 is 0 Å². The van der Waals surface area contributed by atoms with Crippen LogP contribution in [0, 0.1) is 47.3 Å². The summed E-state index contributed by atoms with van der Waals surface area (Å²) in [5.41, 5.74) is 0. The van der Waals surface area contributed by atoms with Crippen molar-refractivity contribution in [2.45, 2.75) is 120 Å². The van der Waals surface area contributed by atoms with Gasteiger partial charge in [-0.25, -0.2) is 0 Å². The van der Waals surface area contributed by atoms with Crippen LogP contribution in [0.5, 0.6) is 0 Å². The van der Waals surface area contributed by atoms with Crippen molar-refractivity contribution in [2.24, 2.45) is 47.3 Å². The molecule has 0 spiro atoms. The molecule has 0 N–H and O–H groups in total. The number of hydrogen-bond acceptors (Lipinski definition) is 0. The maximum absolute atomic E-state index is 2.43. The van der Waals surface area contributed by atoms with Crippen molar-refractivity contribution in [2.75, 3.05) is 0 Å². The second kappa shape index (κ2) is 12.5. The Kier molecular flexibility index (Phi) is 11.5. The summed E-state index contributed by atoms with van der Waals surface area (Å²) in [6.07, 6.45) is 14.9. The first-order chi connectivity index (χ1) is 12.2. The van der Waals surface area contributed by atoms with E-state index in [1.165, 1.54) is 64.2 Å².